The summed E-state index contributed by atoms with van der Waals surface area (Å²) in [5, 5.41) is 0. The Balaban J connectivity index is 0.000000561. The Hall–Kier alpha value is -0.370. The zero-order valence-corrected chi connectivity index (χ0v) is 8.60. The first kappa shape index (κ1) is 11.6. The minimum absolute atomic E-state index is 0.571. The van der Waals surface area contributed by atoms with Gasteiger partial charge in [0.05, 0.1) is 6.33 Å². The average molecular weight is 173 g/mol. The van der Waals surface area contributed by atoms with Gasteiger partial charge < -0.3 is 0 Å². The van der Waals surface area contributed by atoms with E-state index < -0.39 is 0 Å². The second-order valence-electron chi connectivity index (χ2n) is 2.95. The molecule has 1 nitrogen and oxygen atoms in total. The van der Waals surface area contributed by atoms with Gasteiger partial charge in [0.2, 0.25) is 0 Å². The molecule has 0 aliphatic carbocycles. The molecule has 0 aromatic heterocycles. The zero-order valence-electron chi connectivity index (χ0n) is 8.60. The maximum Gasteiger partial charge on any atom is 0.0872 e. The summed E-state index contributed by atoms with van der Waals surface area (Å²) in [6.45, 7) is 6.96. The fourth-order valence-electron chi connectivity index (χ4n) is 1.51. The SMILES string of the molecule is CC.CCC1C/C(=C/F)CN1C. The Kier molecular flexibility index (Phi) is 5.99. The number of nitrogens with zero attached hydrogens (tertiary/aromatic N) is 1. The molecule has 0 aromatic rings. The summed E-state index contributed by atoms with van der Waals surface area (Å²) in [4.78, 5) is 2.20. The van der Waals surface area contributed by atoms with Gasteiger partial charge >= 0.3 is 0 Å². The highest BCUT2D eigenvalue weighted by molar-refractivity contribution is 5.09. The molecule has 0 amide bonds. The molecule has 0 spiro atoms. The minimum atomic E-state index is 0.571. The van der Waals surface area contributed by atoms with Gasteiger partial charge in [0, 0.05) is 12.6 Å². The summed E-state index contributed by atoms with van der Waals surface area (Å²) >= 11 is 0. The van der Waals surface area contributed by atoms with E-state index in [-0.39, 0.29) is 0 Å². The van der Waals surface area contributed by atoms with E-state index in [0.29, 0.717) is 6.04 Å². The van der Waals surface area contributed by atoms with Crippen molar-refractivity contribution in [2.45, 2.75) is 39.7 Å². The van der Waals surface area contributed by atoms with Crippen molar-refractivity contribution in [3.05, 3.63) is 11.9 Å². The van der Waals surface area contributed by atoms with Crippen molar-refractivity contribution in [1.82, 2.24) is 4.90 Å². The summed E-state index contributed by atoms with van der Waals surface area (Å²) in [5.74, 6) is 0. The monoisotopic (exact) mass is 173 g/mol. The molecule has 1 rings (SSSR count). The lowest BCUT2D eigenvalue weighted by Crippen LogP contribution is -2.23. The van der Waals surface area contributed by atoms with E-state index >= 15 is 0 Å². The third-order valence-electron chi connectivity index (χ3n) is 2.20. The Morgan fingerprint density at radius 1 is 1.58 bits per heavy atom. The van der Waals surface area contributed by atoms with E-state index in [4.69, 9.17) is 0 Å². The molecule has 0 aromatic carbocycles. The molecule has 1 saturated heterocycles. The fraction of sp³-hybridized carbons (Fsp3) is 0.800. The largest absolute Gasteiger partial charge is 0.299 e. The zero-order chi connectivity index (χ0) is 9.56. The van der Waals surface area contributed by atoms with E-state index in [9.17, 15) is 4.39 Å². The maximum absolute atomic E-state index is 12.0. The summed E-state index contributed by atoms with van der Waals surface area (Å²) in [5.41, 5.74) is 0.939. The number of rotatable bonds is 1. The van der Waals surface area contributed by atoms with Gasteiger partial charge in [0.25, 0.3) is 0 Å². The first-order chi connectivity index (χ1) is 5.77. The maximum atomic E-state index is 12.0. The van der Waals surface area contributed by atoms with E-state index in [0.717, 1.165) is 31.3 Å². The summed E-state index contributed by atoms with van der Waals surface area (Å²) in [6, 6.07) is 0.571. The van der Waals surface area contributed by atoms with Crippen molar-refractivity contribution in [2.24, 2.45) is 0 Å². The van der Waals surface area contributed by atoms with E-state index in [1.807, 2.05) is 20.9 Å². The summed E-state index contributed by atoms with van der Waals surface area (Å²) in [6.07, 6.45) is 2.80. The van der Waals surface area contributed by atoms with Crippen LogP contribution in [0.25, 0.3) is 0 Å². The smallest absolute Gasteiger partial charge is 0.0872 e. The molecule has 12 heavy (non-hydrogen) atoms. The van der Waals surface area contributed by atoms with Crippen LogP contribution in [0.1, 0.15) is 33.6 Å². The predicted molar refractivity (Wildman–Crippen MR) is 51.9 cm³/mol. The second-order valence-corrected chi connectivity index (χ2v) is 2.95. The van der Waals surface area contributed by atoms with Crippen LogP contribution in [-0.4, -0.2) is 24.5 Å². The lowest BCUT2D eigenvalue weighted by atomic mass is 10.1. The third-order valence-corrected chi connectivity index (χ3v) is 2.20. The Bertz CT molecular complexity index is 143. The highest BCUT2D eigenvalue weighted by Crippen LogP contribution is 2.22. The molecule has 0 saturated carbocycles. The minimum Gasteiger partial charge on any atom is -0.299 e. The molecule has 1 fully saturated rings. The molecule has 0 radical (unpaired) electrons. The van der Waals surface area contributed by atoms with Gasteiger partial charge in [0.1, 0.15) is 0 Å². The molecular weight excluding hydrogens is 153 g/mol. The van der Waals surface area contributed by atoms with Gasteiger partial charge in [-0.25, -0.2) is 4.39 Å². The van der Waals surface area contributed by atoms with Gasteiger partial charge in [-0.1, -0.05) is 20.8 Å². The van der Waals surface area contributed by atoms with Gasteiger partial charge in [-0.15, -0.1) is 0 Å². The van der Waals surface area contributed by atoms with Crippen LogP contribution >= 0.6 is 0 Å². The van der Waals surface area contributed by atoms with Crippen molar-refractivity contribution < 1.29 is 4.39 Å². The second kappa shape index (κ2) is 6.18. The summed E-state index contributed by atoms with van der Waals surface area (Å²) in [7, 11) is 2.05. The number of halogens is 1. The van der Waals surface area contributed by atoms with Crippen LogP contribution in [0.15, 0.2) is 11.9 Å². The van der Waals surface area contributed by atoms with Crippen LogP contribution in [0.5, 0.6) is 0 Å². The van der Waals surface area contributed by atoms with Crippen molar-refractivity contribution >= 4 is 0 Å². The molecule has 1 heterocycles. The van der Waals surface area contributed by atoms with Crippen molar-refractivity contribution in [2.75, 3.05) is 13.6 Å². The topological polar surface area (TPSA) is 3.24 Å². The van der Waals surface area contributed by atoms with Crippen molar-refractivity contribution in [1.29, 1.82) is 0 Å². The molecule has 0 N–H and O–H groups in total. The molecule has 1 unspecified atom stereocenters. The fourth-order valence-corrected chi connectivity index (χ4v) is 1.51. The lowest BCUT2D eigenvalue weighted by molar-refractivity contribution is 0.305. The van der Waals surface area contributed by atoms with E-state index in [2.05, 4.69) is 11.8 Å². The molecule has 1 aliphatic rings. The van der Waals surface area contributed by atoms with Crippen LogP contribution in [-0.2, 0) is 0 Å². The molecular formula is C10H20FN. The number of hydrogen-bond donors (Lipinski definition) is 0. The Morgan fingerprint density at radius 2 is 2.17 bits per heavy atom. The Labute approximate surface area is 75.3 Å². The van der Waals surface area contributed by atoms with Gasteiger partial charge in [-0.2, -0.15) is 0 Å². The molecule has 2 heteroatoms. The lowest BCUT2D eigenvalue weighted by Gasteiger charge is -2.15. The highest BCUT2D eigenvalue weighted by Gasteiger charge is 2.22. The van der Waals surface area contributed by atoms with Crippen molar-refractivity contribution in [3.8, 4) is 0 Å². The number of hydrogen-bond acceptors (Lipinski definition) is 1. The first-order valence-corrected chi connectivity index (χ1v) is 4.76. The first-order valence-electron chi connectivity index (χ1n) is 4.76. The molecule has 1 aliphatic heterocycles. The quantitative estimate of drug-likeness (QED) is 0.589. The normalized spacial score (nSPS) is 27.1. The van der Waals surface area contributed by atoms with Crippen LogP contribution in [0.3, 0.4) is 0 Å². The summed E-state index contributed by atoms with van der Waals surface area (Å²) < 4.78 is 12.0. The molecule has 0 bridgehead atoms. The highest BCUT2D eigenvalue weighted by atomic mass is 19.1. The van der Waals surface area contributed by atoms with Crippen LogP contribution in [0.2, 0.25) is 0 Å². The number of likely N-dealkylation sites (N-methyl/N-ethyl adjacent to an activating group) is 1. The molecule has 1 atom stereocenters. The van der Waals surface area contributed by atoms with E-state index in [1.54, 1.807) is 0 Å². The molecule has 72 valence electrons. The third kappa shape index (κ3) is 2.94. The number of likely N-dealkylation sites (tertiary alicyclic amines) is 1. The van der Waals surface area contributed by atoms with Gasteiger partial charge in [-0.3, -0.25) is 4.90 Å². The van der Waals surface area contributed by atoms with Crippen LogP contribution in [0.4, 0.5) is 4.39 Å². The van der Waals surface area contributed by atoms with Crippen molar-refractivity contribution in [3.63, 3.8) is 0 Å². The van der Waals surface area contributed by atoms with Crippen LogP contribution in [0, 0.1) is 0 Å². The van der Waals surface area contributed by atoms with E-state index in [1.165, 1.54) is 0 Å². The average Bonchev–Trinajstić information content (AvgIpc) is 2.49. The Morgan fingerprint density at radius 3 is 2.42 bits per heavy atom. The van der Waals surface area contributed by atoms with Gasteiger partial charge in [-0.05, 0) is 25.5 Å². The van der Waals surface area contributed by atoms with Crippen LogP contribution < -0.4 is 0 Å². The standard InChI is InChI=1S/C8H14FN.C2H6/c1-3-8-4-7(5-9)6-10(8)2;1-2/h5,8H,3-4,6H2,1-2H3;1-2H3/b7-5-;. The predicted octanol–water partition coefficient (Wildman–Crippen LogP) is 2.98. The van der Waals surface area contributed by atoms with Gasteiger partial charge in [0.15, 0.2) is 0 Å².